The first-order chi connectivity index (χ1) is 8.29. The van der Waals surface area contributed by atoms with Crippen LogP contribution in [-0.2, 0) is 16.1 Å². The van der Waals surface area contributed by atoms with Crippen LogP contribution in [0.15, 0.2) is 21.5 Å². The van der Waals surface area contributed by atoms with Crippen molar-refractivity contribution in [3.8, 4) is 5.75 Å². The predicted octanol–water partition coefficient (Wildman–Crippen LogP) is 1.69. The minimum Gasteiger partial charge on any atom is -0.490 e. The normalized spacial score (nSPS) is 20.2. The molecule has 0 bridgehead atoms. The maximum absolute atomic E-state index is 11.5. The SMILES string of the molecule is COc1coc(CO[C@@H]2CCCCO2)cc1=O. The molecule has 0 spiro atoms. The molecule has 0 unspecified atom stereocenters. The van der Waals surface area contributed by atoms with E-state index in [4.69, 9.17) is 18.6 Å². The highest BCUT2D eigenvalue weighted by molar-refractivity contribution is 5.16. The Labute approximate surface area is 99.3 Å². The van der Waals surface area contributed by atoms with Crippen LogP contribution in [-0.4, -0.2) is 20.0 Å². The summed E-state index contributed by atoms with van der Waals surface area (Å²) in [4.78, 5) is 11.5. The lowest BCUT2D eigenvalue weighted by atomic mass is 10.2. The number of ether oxygens (including phenoxy) is 3. The van der Waals surface area contributed by atoms with Crippen LogP contribution >= 0.6 is 0 Å². The number of methoxy groups -OCH3 is 1. The molecule has 0 amide bonds. The van der Waals surface area contributed by atoms with Crippen LogP contribution in [0.1, 0.15) is 25.0 Å². The molecular formula is C12H16O5. The summed E-state index contributed by atoms with van der Waals surface area (Å²) in [6.45, 7) is 0.973. The van der Waals surface area contributed by atoms with E-state index in [0.717, 1.165) is 25.9 Å². The third kappa shape index (κ3) is 3.31. The van der Waals surface area contributed by atoms with Gasteiger partial charge in [0.2, 0.25) is 11.2 Å². The second-order valence-corrected chi connectivity index (χ2v) is 3.89. The van der Waals surface area contributed by atoms with Gasteiger partial charge in [-0.05, 0) is 19.3 Å². The summed E-state index contributed by atoms with van der Waals surface area (Å²) < 4.78 is 20.9. The van der Waals surface area contributed by atoms with Gasteiger partial charge in [-0.2, -0.15) is 0 Å². The molecule has 1 fully saturated rings. The van der Waals surface area contributed by atoms with E-state index >= 15 is 0 Å². The van der Waals surface area contributed by atoms with E-state index in [0.29, 0.717) is 5.76 Å². The van der Waals surface area contributed by atoms with E-state index in [1.54, 1.807) is 0 Å². The average Bonchev–Trinajstić information content (AvgIpc) is 2.38. The van der Waals surface area contributed by atoms with Gasteiger partial charge in [0.15, 0.2) is 6.29 Å². The van der Waals surface area contributed by atoms with E-state index in [9.17, 15) is 4.79 Å². The van der Waals surface area contributed by atoms with Crippen molar-refractivity contribution < 1.29 is 18.6 Å². The van der Waals surface area contributed by atoms with Gasteiger partial charge >= 0.3 is 0 Å². The van der Waals surface area contributed by atoms with Crippen molar-refractivity contribution in [1.82, 2.24) is 0 Å². The molecule has 1 aromatic heterocycles. The highest BCUT2D eigenvalue weighted by atomic mass is 16.7. The van der Waals surface area contributed by atoms with Crippen LogP contribution in [0, 0.1) is 0 Å². The van der Waals surface area contributed by atoms with Gasteiger partial charge in [0.05, 0.1) is 7.11 Å². The molecule has 0 saturated carbocycles. The van der Waals surface area contributed by atoms with Crippen molar-refractivity contribution in [3.63, 3.8) is 0 Å². The van der Waals surface area contributed by atoms with Gasteiger partial charge in [-0.3, -0.25) is 4.79 Å². The van der Waals surface area contributed by atoms with Gasteiger partial charge in [0, 0.05) is 12.7 Å². The molecule has 1 atom stereocenters. The highest BCUT2D eigenvalue weighted by Crippen LogP contribution is 2.15. The smallest absolute Gasteiger partial charge is 0.227 e. The zero-order chi connectivity index (χ0) is 12.1. The summed E-state index contributed by atoms with van der Waals surface area (Å²) in [6.07, 6.45) is 4.19. The van der Waals surface area contributed by atoms with Gasteiger partial charge in [0.25, 0.3) is 0 Å². The zero-order valence-corrected chi connectivity index (χ0v) is 9.81. The summed E-state index contributed by atoms with van der Waals surface area (Å²) in [5, 5.41) is 0. The summed E-state index contributed by atoms with van der Waals surface area (Å²) in [5.74, 6) is 0.674. The molecule has 0 N–H and O–H groups in total. The van der Waals surface area contributed by atoms with E-state index in [2.05, 4.69) is 0 Å². The zero-order valence-electron chi connectivity index (χ0n) is 9.81. The van der Waals surface area contributed by atoms with E-state index in [1.165, 1.54) is 19.4 Å². The van der Waals surface area contributed by atoms with Crippen molar-refractivity contribution >= 4 is 0 Å². The van der Waals surface area contributed by atoms with Crippen molar-refractivity contribution in [2.75, 3.05) is 13.7 Å². The summed E-state index contributed by atoms with van der Waals surface area (Å²) in [7, 11) is 1.43. The van der Waals surface area contributed by atoms with Gasteiger partial charge in [-0.25, -0.2) is 0 Å². The largest absolute Gasteiger partial charge is 0.490 e. The first-order valence-corrected chi connectivity index (χ1v) is 5.68. The maximum Gasteiger partial charge on any atom is 0.227 e. The second kappa shape index (κ2) is 5.84. The van der Waals surface area contributed by atoms with Gasteiger partial charge in [-0.1, -0.05) is 0 Å². The van der Waals surface area contributed by atoms with Crippen LogP contribution in [0.3, 0.4) is 0 Å². The molecule has 0 aromatic carbocycles. The molecule has 0 aliphatic carbocycles. The lowest BCUT2D eigenvalue weighted by Crippen LogP contribution is -2.22. The molecule has 1 saturated heterocycles. The molecular weight excluding hydrogens is 224 g/mol. The minimum atomic E-state index is -0.207. The summed E-state index contributed by atoms with van der Waals surface area (Å²) in [6, 6.07) is 1.38. The van der Waals surface area contributed by atoms with Crippen molar-refractivity contribution in [2.45, 2.75) is 32.2 Å². The minimum absolute atomic E-state index is 0.184. The number of hydrogen-bond donors (Lipinski definition) is 0. The monoisotopic (exact) mass is 240 g/mol. The van der Waals surface area contributed by atoms with Gasteiger partial charge < -0.3 is 18.6 Å². The Kier molecular flexibility index (Phi) is 4.17. The summed E-state index contributed by atoms with van der Waals surface area (Å²) >= 11 is 0. The molecule has 2 heterocycles. The van der Waals surface area contributed by atoms with Crippen molar-refractivity contribution in [3.05, 3.63) is 28.3 Å². The molecule has 5 nitrogen and oxygen atoms in total. The van der Waals surface area contributed by atoms with Crippen LogP contribution < -0.4 is 10.2 Å². The topological polar surface area (TPSA) is 57.9 Å². The fraction of sp³-hybridized carbons (Fsp3) is 0.583. The van der Waals surface area contributed by atoms with E-state index in [1.807, 2.05) is 0 Å². The standard InChI is InChI=1S/C12H16O5/c1-14-11-8-16-9(6-10(11)13)7-17-12-4-2-3-5-15-12/h6,8,12H,2-5,7H2,1H3/t12-/m1/s1. The molecule has 1 aliphatic heterocycles. The van der Waals surface area contributed by atoms with E-state index < -0.39 is 0 Å². The van der Waals surface area contributed by atoms with Gasteiger partial charge in [0.1, 0.15) is 18.6 Å². The number of rotatable bonds is 4. The summed E-state index contributed by atoms with van der Waals surface area (Å²) in [5.41, 5.74) is -0.207. The first kappa shape index (κ1) is 12.1. The van der Waals surface area contributed by atoms with Crippen molar-refractivity contribution in [2.24, 2.45) is 0 Å². The Balaban J connectivity index is 1.90. The fourth-order valence-corrected chi connectivity index (χ4v) is 1.68. The lowest BCUT2D eigenvalue weighted by molar-refractivity contribution is -0.171. The maximum atomic E-state index is 11.5. The van der Waals surface area contributed by atoms with Crippen LogP contribution in [0.2, 0.25) is 0 Å². The molecule has 5 heteroatoms. The molecule has 0 radical (unpaired) electrons. The Morgan fingerprint density at radius 2 is 2.35 bits per heavy atom. The van der Waals surface area contributed by atoms with Gasteiger partial charge in [-0.15, -0.1) is 0 Å². The van der Waals surface area contributed by atoms with Crippen molar-refractivity contribution in [1.29, 1.82) is 0 Å². The quantitative estimate of drug-likeness (QED) is 0.801. The Morgan fingerprint density at radius 1 is 1.47 bits per heavy atom. The molecule has 94 valence electrons. The Hall–Kier alpha value is -1.33. The number of hydrogen-bond acceptors (Lipinski definition) is 5. The Morgan fingerprint density at radius 3 is 3.00 bits per heavy atom. The van der Waals surface area contributed by atoms with Crippen LogP contribution in [0.4, 0.5) is 0 Å². The molecule has 2 rings (SSSR count). The predicted molar refractivity (Wildman–Crippen MR) is 59.9 cm³/mol. The second-order valence-electron chi connectivity index (χ2n) is 3.89. The molecule has 1 aromatic rings. The first-order valence-electron chi connectivity index (χ1n) is 5.68. The Bertz CT molecular complexity index is 406. The average molecular weight is 240 g/mol. The molecule has 17 heavy (non-hydrogen) atoms. The van der Waals surface area contributed by atoms with Crippen LogP contribution in [0.5, 0.6) is 5.75 Å². The third-order valence-electron chi connectivity index (χ3n) is 2.62. The lowest BCUT2D eigenvalue weighted by Gasteiger charge is -2.22. The fourth-order valence-electron chi connectivity index (χ4n) is 1.68. The van der Waals surface area contributed by atoms with Crippen LogP contribution in [0.25, 0.3) is 0 Å². The molecule has 1 aliphatic rings. The highest BCUT2D eigenvalue weighted by Gasteiger charge is 2.14. The third-order valence-corrected chi connectivity index (χ3v) is 2.62. The van der Waals surface area contributed by atoms with E-state index in [-0.39, 0.29) is 24.1 Å².